The average Bonchev–Trinajstić information content (AvgIpc) is 2.55. The van der Waals surface area contributed by atoms with Crippen molar-refractivity contribution in [3.8, 4) is 0 Å². The van der Waals surface area contributed by atoms with E-state index in [1.165, 1.54) is 36.3 Å². The number of aliphatic hydroxyl groups is 1. The molecule has 2 aromatic rings. The topological polar surface area (TPSA) is 51.4 Å². The Labute approximate surface area is 162 Å². The Bertz CT molecular complexity index is 818. The second kappa shape index (κ2) is 9.97. The Hall–Kier alpha value is -2.16. The number of hydrogen-bond acceptors (Lipinski definition) is 2. The van der Waals surface area contributed by atoms with E-state index < -0.39 is 0 Å². The van der Waals surface area contributed by atoms with Crippen LogP contribution in [0.1, 0.15) is 31.0 Å². The van der Waals surface area contributed by atoms with E-state index in [4.69, 9.17) is 5.11 Å². The number of benzene rings is 2. The standard InChI is InChI=1S/C16H13N.C5H8O2.Ir/c1-12-10-14(16-8-4-5-9-17-16)11-13-6-2-3-7-15(12)13;1-4(6)3-5(2)7;/h2-10,16H,1H3;3,6H,1-2H3;/q-2;;/b;4-3-;. The number of allylic oxidation sites excluding steroid dienone is 4. The van der Waals surface area contributed by atoms with Gasteiger partial charge < -0.3 is 10.4 Å². The van der Waals surface area contributed by atoms with Crippen LogP contribution < -0.4 is 0 Å². The fourth-order valence-corrected chi connectivity index (χ4v) is 2.49. The van der Waals surface area contributed by atoms with Gasteiger partial charge in [-0.2, -0.15) is 6.20 Å². The third-order valence-electron chi connectivity index (χ3n) is 3.47. The van der Waals surface area contributed by atoms with Gasteiger partial charge in [-0.3, -0.25) is 4.79 Å². The van der Waals surface area contributed by atoms with E-state index in [9.17, 15) is 4.79 Å². The van der Waals surface area contributed by atoms with Crippen molar-refractivity contribution >= 4 is 16.6 Å². The molecule has 1 aliphatic rings. The number of carbonyl (C=O) groups is 1. The van der Waals surface area contributed by atoms with Gasteiger partial charge in [0.1, 0.15) is 0 Å². The van der Waals surface area contributed by atoms with Crippen LogP contribution in [-0.4, -0.2) is 10.9 Å². The van der Waals surface area contributed by atoms with Gasteiger partial charge >= 0.3 is 0 Å². The molecule has 1 radical (unpaired) electrons. The second-order valence-electron chi connectivity index (χ2n) is 5.67. The van der Waals surface area contributed by atoms with Crippen molar-refractivity contribution < 1.29 is 30.0 Å². The molecule has 1 unspecified atom stereocenters. The summed E-state index contributed by atoms with van der Waals surface area (Å²) in [5.74, 6) is -0.0625. The van der Waals surface area contributed by atoms with E-state index in [-0.39, 0.29) is 37.7 Å². The van der Waals surface area contributed by atoms with Gasteiger partial charge in [0.2, 0.25) is 0 Å². The molecular formula is C21H21IrNO2-2. The molecule has 0 aliphatic carbocycles. The van der Waals surface area contributed by atoms with Gasteiger partial charge in [-0.1, -0.05) is 43.3 Å². The number of fused-ring (bicyclic) bond motifs is 1. The number of rotatable bonds is 2. The predicted octanol–water partition coefficient (Wildman–Crippen LogP) is 5.48. The maximum absolute atomic E-state index is 10.0. The Morgan fingerprint density at radius 3 is 2.52 bits per heavy atom. The maximum Gasteiger partial charge on any atom is 0.155 e. The monoisotopic (exact) mass is 512 g/mol. The van der Waals surface area contributed by atoms with Crippen LogP contribution in [0.3, 0.4) is 0 Å². The molecule has 3 nitrogen and oxygen atoms in total. The molecule has 133 valence electrons. The van der Waals surface area contributed by atoms with Crippen LogP contribution in [0.25, 0.3) is 16.1 Å². The molecule has 1 N–H and O–H groups in total. The van der Waals surface area contributed by atoms with Crippen LogP contribution in [0.5, 0.6) is 0 Å². The van der Waals surface area contributed by atoms with Crippen molar-refractivity contribution in [2.45, 2.75) is 26.8 Å². The van der Waals surface area contributed by atoms with Gasteiger partial charge in [-0.25, -0.2) is 0 Å². The second-order valence-corrected chi connectivity index (χ2v) is 5.67. The summed E-state index contributed by atoms with van der Waals surface area (Å²) in [4.78, 5) is 10.0. The summed E-state index contributed by atoms with van der Waals surface area (Å²) in [7, 11) is 0. The summed E-state index contributed by atoms with van der Waals surface area (Å²) in [5, 5.41) is 15.2. The van der Waals surface area contributed by atoms with Gasteiger partial charge in [0.15, 0.2) is 5.78 Å². The zero-order valence-electron chi connectivity index (χ0n) is 14.5. The smallest absolute Gasteiger partial charge is 0.155 e. The molecule has 0 amide bonds. The van der Waals surface area contributed by atoms with E-state index in [0.29, 0.717) is 0 Å². The van der Waals surface area contributed by atoms with Crippen molar-refractivity contribution in [2.75, 3.05) is 0 Å². The van der Waals surface area contributed by atoms with Crippen molar-refractivity contribution in [3.63, 3.8) is 0 Å². The number of ketones is 1. The van der Waals surface area contributed by atoms with Crippen LogP contribution in [0.2, 0.25) is 0 Å². The minimum Gasteiger partial charge on any atom is -0.682 e. The predicted molar refractivity (Wildman–Crippen MR) is 99.0 cm³/mol. The molecule has 25 heavy (non-hydrogen) atoms. The minimum atomic E-state index is -0.125. The van der Waals surface area contributed by atoms with Gasteiger partial charge in [-0.05, 0) is 13.8 Å². The first kappa shape index (κ1) is 20.9. The first-order valence-electron chi connectivity index (χ1n) is 7.80. The quantitative estimate of drug-likeness (QED) is 0.330. The fourth-order valence-electron chi connectivity index (χ4n) is 2.49. The average molecular weight is 512 g/mol. The van der Waals surface area contributed by atoms with E-state index in [2.05, 4.69) is 54.7 Å². The number of nitrogens with zero attached hydrogens (tertiary/aromatic N) is 1. The summed E-state index contributed by atoms with van der Waals surface area (Å²) in [6.45, 7) is 4.99. The van der Waals surface area contributed by atoms with Gasteiger partial charge in [0, 0.05) is 26.2 Å². The number of aryl methyl sites for hydroxylation is 1. The Morgan fingerprint density at radius 1 is 1.24 bits per heavy atom. The SMILES string of the molecule is CC(=O)/C=C(/C)O.Cc1cc(C2C=CC=C[N-]2)[c-]c2ccccc12.[Ir]. The molecule has 1 atom stereocenters. The molecule has 4 heteroatoms. The van der Waals surface area contributed by atoms with Crippen molar-refractivity contribution in [3.05, 3.63) is 89.1 Å². The summed E-state index contributed by atoms with van der Waals surface area (Å²) in [6.07, 6.45) is 9.10. The van der Waals surface area contributed by atoms with E-state index >= 15 is 0 Å². The zero-order chi connectivity index (χ0) is 17.5. The molecule has 0 saturated heterocycles. The number of aliphatic hydroxyl groups excluding tert-OH is 1. The van der Waals surface area contributed by atoms with Crippen molar-refractivity contribution in [1.29, 1.82) is 0 Å². The van der Waals surface area contributed by atoms with Gasteiger partial charge in [-0.15, -0.1) is 46.2 Å². The van der Waals surface area contributed by atoms with Crippen LogP contribution in [0.4, 0.5) is 0 Å². The molecular weight excluding hydrogens is 490 g/mol. The molecule has 2 aromatic carbocycles. The fraction of sp³-hybridized carbons (Fsp3) is 0.190. The Morgan fingerprint density at radius 2 is 1.96 bits per heavy atom. The third kappa shape index (κ3) is 6.33. The van der Waals surface area contributed by atoms with Gasteiger partial charge in [0.05, 0.1) is 5.76 Å². The number of carbonyl (C=O) groups excluding carboxylic acids is 1. The molecule has 0 aromatic heterocycles. The van der Waals surface area contributed by atoms with Crippen molar-refractivity contribution in [2.24, 2.45) is 0 Å². The van der Waals surface area contributed by atoms with E-state index in [1.807, 2.05) is 18.4 Å². The molecule has 3 rings (SSSR count). The largest absolute Gasteiger partial charge is 0.682 e. The first-order valence-corrected chi connectivity index (χ1v) is 7.80. The summed E-state index contributed by atoms with van der Waals surface area (Å²) < 4.78 is 0. The third-order valence-corrected chi connectivity index (χ3v) is 3.47. The summed E-state index contributed by atoms with van der Waals surface area (Å²) in [5.41, 5.74) is 2.43. The maximum atomic E-state index is 10.0. The van der Waals surface area contributed by atoms with Crippen LogP contribution in [-0.2, 0) is 24.9 Å². The van der Waals surface area contributed by atoms with Crippen LogP contribution >= 0.6 is 0 Å². The van der Waals surface area contributed by atoms with Crippen molar-refractivity contribution in [1.82, 2.24) is 0 Å². The molecule has 1 aliphatic heterocycles. The zero-order valence-corrected chi connectivity index (χ0v) is 16.9. The first-order chi connectivity index (χ1) is 11.5. The molecule has 0 bridgehead atoms. The molecule has 1 heterocycles. The normalized spacial score (nSPS) is 15.6. The molecule has 0 spiro atoms. The molecule has 0 saturated carbocycles. The number of hydrogen-bond donors (Lipinski definition) is 1. The van der Waals surface area contributed by atoms with E-state index in [0.717, 1.165) is 5.56 Å². The molecule has 0 fully saturated rings. The Balaban J connectivity index is 0.000000339. The summed E-state index contributed by atoms with van der Waals surface area (Å²) >= 11 is 0. The van der Waals surface area contributed by atoms with Gasteiger partial charge in [0.25, 0.3) is 0 Å². The van der Waals surface area contributed by atoms with Crippen LogP contribution in [0, 0.1) is 13.0 Å². The minimum absolute atomic E-state index is 0. The Kier molecular flexibility index (Phi) is 8.33. The van der Waals surface area contributed by atoms with Crippen LogP contribution in [0.15, 0.2) is 66.6 Å². The summed E-state index contributed by atoms with van der Waals surface area (Å²) in [6, 6.07) is 14.1. The van der Waals surface area contributed by atoms with E-state index in [1.54, 1.807) is 0 Å².